The summed E-state index contributed by atoms with van der Waals surface area (Å²) in [4.78, 5) is 23.6. The number of nitrogens with two attached hydrogens (primary N) is 1. The van der Waals surface area contributed by atoms with Gasteiger partial charge in [0.1, 0.15) is 0 Å². The molecule has 1 amide bonds. The molecule has 0 heterocycles. The number of rotatable bonds is 8. The molecule has 0 aliphatic carbocycles. The van der Waals surface area contributed by atoms with Crippen molar-refractivity contribution in [1.82, 2.24) is 5.32 Å². The van der Waals surface area contributed by atoms with Crippen molar-refractivity contribution >= 4 is 40.9 Å². The highest BCUT2D eigenvalue weighted by atomic mass is 35.5. The zero-order valence-electron chi connectivity index (χ0n) is 11.9. The minimum atomic E-state index is -0.238. The molecule has 7 heteroatoms. The number of nitrogen functional groups attached to an aromatic ring is 1. The molecule has 0 saturated heterocycles. The van der Waals surface area contributed by atoms with Crippen LogP contribution in [0.15, 0.2) is 23.1 Å². The largest absolute Gasteiger partial charge is 0.466 e. The van der Waals surface area contributed by atoms with Crippen LogP contribution in [0.25, 0.3) is 0 Å². The van der Waals surface area contributed by atoms with Gasteiger partial charge in [-0.25, -0.2) is 0 Å². The summed E-state index contributed by atoms with van der Waals surface area (Å²) in [6.07, 6.45) is 0.887. The minimum absolute atomic E-state index is 0.0863. The molecule has 0 aliphatic rings. The molecule has 0 spiro atoms. The Balaban J connectivity index is 2.19. The van der Waals surface area contributed by atoms with Crippen LogP contribution in [0.3, 0.4) is 0 Å². The van der Waals surface area contributed by atoms with Gasteiger partial charge in [-0.2, -0.15) is 0 Å². The quantitative estimate of drug-likeness (QED) is 0.331. The topological polar surface area (TPSA) is 81.4 Å². The summed E-state index contributed by atoms with van der Waals surface area (Å²) < 4.78 is 4.80. The summed E-state index contributed by atoms with van der Waals surface area (Å²) in [5.41, 5.74) is 6.13. The van der Waals surface area contributed by atoms with E-state index in [-0.39, 0.29) is 11.9 Å². The smallest absolute Gasteiger partial charge is 0.305 e. The maximum absolute atomic E-state index is 11.6. The fraction of sp³-hybridized carbons (Fsp3) is 0.429. The lowest BCUT2D eigenvalue weighted by Crippen LogP contribution is -2.26. The zero-order chi connectivity index (χ0) is 15.7. The third-order valence-corrected chi connectivity index (χ3v) is 3.85. The predicted molar refractivity (Wildman–Crippen MR) is 85.5 cm³/mol. The van der Waals surface area contributed by atoms with Crippen LogP contribution in [0.2, 0.25) is 5.02 Å². The van der Waals surface area contributed by atoms with Crippen LogP contribution < -0.4 is 11.1 Å². The first-order valence-electron chi connectivity index (χ1n) is 6.63. The van der Waals surface area contributed by atoms with Gasteiger partial charge in [-0.05, 0) is 31.5 Å². The van der Waals surface area contributed by atoms with Crippen LogP contribution in [0, 0.1) is 0 Å². The number of thioether (sulfide) groups is 1. The standard InChI is InChI=1S/C14H19ClN2O3S/c1-2-20-14(19)4-3-7-17-13(18)9-21-10-5-6-12(16)11(15)8-10/h5-6,8H,2-4,7,9,16H2,1H3,(H,17,18). The lowest BCUT2D eigenvalue weighted by Gasteiger charge is -2.06. The van der Waals surface area contributed by atoms with E-state index in [2.05, 4.69) is 5.32 Å². The van der Waals surface area contributed by atoms with Gasteiger partial charge in [-0.3, -0.25) is 9.59 Å². The highest BCUT2D eigenvalue weighted by molar-refractivity contribution is 8.00. The van der Waals surface area contributed by atoms with Gasteiger partial charge in [0.2, 0.25) is 5.91 Å². The number of ether oxygens (including phenoxy) is 1. The number of hydrogen-bond acceptors (Lipinski definition) is 5. The number of esters is 1. The van der Waals surface area contributed by atoms with Crippen molar-refractivity contribution in [3.8, 4) is 0 Å². The molecule has 5 nitrogen and oxygen atoms in total. The molecule has 21 heavy (non-hydrogen) atoms. The van der Waals surface area contributed by atoms with Crippen LogP contribution in [0.4, 0.5) is 5.69 Å². The lowest BCUT2D eigenvalue weighted by molar-refractivity contribution is -0.143. The van der Waals surface area contributed by atoms with E-state index in [1.165, 1.54) is 11.8 Å². The van der Waals surface area contributed by atoms with Crippen LogP contribution in [0.5, 0.6) is 0 Å². The summed E-state index contributed by atoms with van der Waals surface area (Å²) in [5.74, 6) is -0.0333. The van der Waals surface area contributed by atoms with Crippen LogP contribution in [-0.4, -0.2) is 30.8 Å². The lowest BCUT2D eigenvalue weighted by atomic mass is 10.3. The van der Waals surface area contributed by atoms with Crippen molar-refractivity contribution in [1.29, 1.82) is 0 Å². The molecular weight excluding hydrogens is 312 g/mol. The van der Waals surface area contributed by atoms with Gasteiger partial charge in [0, 0.05) is 17.9 Å². The van der Waals surface area contributed by atoms with Crippen LogP contribution in [-0.2, 0) is 14.3 Å². The SMILES string of the molecule is CCOC(=O)CCCNC(=O)CSc1ccc(N)c(Cl)c1. The monoisotopic (exact) mass is 330 g/mol. The number of anilines is 1. The second-order valence-corrected chi connectivity index (χ2v) is 5.69. The molecule has 0 aromatic heterocycles. The minimum Gasteiger partial charge on any atom is -0.466 e. The van der Waals surface area contributed by atoms with Gasteiger partial charge < -0.3 is 15.8 Å². The molecule has 116 valence electrons. The molecular formula is C14H19ClN2O3S. The van der Waals surface area contributed by atoms with Crippen LogP contribution >= 0.6 is 23.4 Å². The van der Waals surface area contributed by atoms with Crippen molar-refractivity contribution in [3.63, 3.8) is 0 Å². The summed E-state index contributed by atoms with van der Waals surface area (Å²) in [5, 5.41) is 3.23. The summed E-state index contributed by atoms with van der Waals surface area (Å²) in [7, 11) is 0. The fourth-order valence-electron chi connectivity index (χ4n) is 1.49. The van der Waals surface area contributed by atoms with E-state index in [1.54, 1.807) is 19.1 Å². The van der Waals surface area contributed by atoms with E-state index in [9.17, 15) is 9.59 Å². The normalized spacial score (nSPS) is 10.2. The second kappa shape index (κ2) is 9.52. The van der Waals surface area contributed by atoms with Gasteiger partial charge in [-0.15, -0.1) is 11.8 Å². The molecule has 0 atom stereocenters. The molecule has 0 aliphatic heterocycles. The molecule has 1 aromatic rings. The van der Waals surface area contributed by atoms with Crippen molar-refractivity contribution < 1.29 is 14.3 Å². The van der Waals surface area contributed by atoms with Crippen molar-refractivity contribution in [2.24, 2.45) is 0 Å². The third kappa shape index (κ3) is 7.24. The molecule has 0 radical (unpaired) electrons. The Morgan fingerprint density at radius 3 is 2.86 bits per heavy atom. The molecule has 1 aromatic carbocycles. The Morgan fingerprint density at radius 1 is 1.43 bits per heavy atom. The molecule has 0 saturated carbocycles. The average molecular weight is 331 g/mol. The number of halogens is 1. The number of carbonyl (C=O) groups is 2. The Kier molecular flexibility index (Phi) is 8.00. The van der Waals surface area contributed by atoms with E-state index < -0.39 is 0 Å². The summed E-state index contributed by atoms with van der Waals surface area (Å²) in [6, 6.07) is 5.26. The number of hydrogen-bond donors (Lipinski definition) is 2. The first-order chi connectivity index (χ1) is 10.0. The average Bonchev–Trinajstić information content (AvgIpc) is 2.45. The molecule has 0 unspecified atom stereocenters. The maximum Gasteiger partial charge on any atom is 0.305 e. The number of amides is 1. The Labute approximate surface area is 133 Å². The van der Waals surface area contributed by atoms with E-state index in [1.807, 2.05) is 6.07 Å². The first kappa shape index (κ1) is 17.7. The van der Waals surface area contributed by atoms with E-state index in [4.69, 9.17) is 22.1 Å². The van der Waals surface area contributed by atoms with Crippen molar-refractivity contribution in [2.45, 2.75) is 24.7 Å². The Bertz CT molecular complexity index is 497. The second-order valence-electron chi connectivity index (χ2n) is 4.23. The number of nitrogens with one attached hydrogen (secondary N) is 1. The number of carbonyl (C=O) groups excluding carboxylic acids is 2. The van der Waals surface area contributed by atoms with E-state index in [0.29, 0.717) is 42.5 Å². The van der Waals surface area contributed by atoms with Gasteiger partial charge >= 0.3 is 5.97 Å². The molecule has 1 rings (SSSR count). The van der Waals surface area contributed by atoms with E-state index >= 15 is 0 Å². The highest BCUT2D eigenvalue weighted by Crippen LogP contribution is 2.26. The zero-order valence-corrected chi connectivity index (χ0v) is 13.4. The van der Waals surface area contributed by atoms with Gasteiger partial charge in [0.15, 0.2) is 0 Å². The Hall–Kier alpha value is -1.40. The fourth-order valence-corrected chi connectivity index (χ4v) is 2.50. The van der Waals surface area contributed by atoms with Crippen molar-refractivity contribution in [3.05, 3.63) is 23.2 Å². The van der Waals surface area contributed by atoms with Gasteiger partial charge in [0.25, 0.3) is 0 Å². The Morgan fingerprint density at radius 2 is 2.19 bits per heavy atom. The number of benzene rings is 1. The van der Waals surface area contributed by atoms with Gasteiger partial charge in [0.05, 0.1) is 23.1 Å². The molecule has 0 fully saturated rings. The molecule has 0 bridgehead atoms. The van der Waals surface area contributed by atoms with Crippen molar-refractivity contribution in [2.75, 3.05) is 24.6 Å². The summed E-state index contributed by atoms with van der Waals surface area (Å²) >= 11 is 7.28. The third-order valence-electron chi connectivity index (χ3n) is 2.53. The first-order valence-corrected chi connectivity index (χ1v) is 7.99. The maximum atomic E-state index is 11.6. The predicted octanol–water partition coefficient (Wildman–Crippen LogP) is 2.47. The summed E-state index contributed by atoms with van der Waals surface area (Å²) in [6.45, 7) is 2.60. The van der Waals surface area contributed by atoms with Gasteiger partial charge in [-0.1, -0.05) is 11.6 Å². The van der Waals surface area contributed by atoms with Crippen LogP contribution in [0.1, 0.15) is 19.8 Å². The van der Waals surface area contributed by atoms with E-state index in [0.717, 1.165) is 4.90 Å². The highest BCUT2D eigenvalue weighted by Gasteiger charge is 2.05. The molecule has 3 N–H and O–H groups in total.